The van der Waals surface area contributed by atoms with Crippen LogP contribution >= 0.6 is 0 Å². The molecule has 0 atom stereocenters. The van der Waals surface area contributed by atoms with E-state index in [9.17, 15) is 9.59 Å². The maximum atomic E-state index is 13.1. The molecule has 6 heteroatoms. The Kier molecular flexibility index (Phi) is 7.26. The number of carbonyl (C=O) groups excluding carboxylic acids is 2. The summed E-state index contributed by atoms with van der Waals surface area (Å²) in [4.78, 5) is 27.2. The summed E-state index contributed by atoms with van der Waals surface area (Å²) < 4.78 is 16.1. The molecule has 1 aromatic carbocycles. The van der Waals surface area contributed by atoms with Gasteiger partial charge in [-0.2, -0.15) is 0 Å². The Labute approximate surface area is 166 Å². The van der Waals surface area contributed by atoms with E-state index < -0.39 is 5.97 Å². The van der Waals surface area contributed by atoms with E-state index in [4.69, 9.17) is 14.2 Å². The van der Waals surface area contributed by atoms with E-state index in [0.717, 1.165) is 5.56 Å². The van der Waals surface area contributed by atoms with E-state index in [0.29, 0.717) is 41.5 Å². The zero-order chi connectivity index (χ0) is 20.8. The lowest BCUT2D eigenvalue weighted by Gasteiger charge is -2.20. The van der Waals surface area contributed by atoms with Crippen LogP contribution in [0.1, 0.15) is 40.2 Å². The van der Waals surface area contributed by atoms with Crippen molar-refractivity contribution in [2.75, 3.05) is 26.9 Å². The van der Waals surface area contributed by atoms with Crippen LogP contribution in [0.4, 0.5) is 0 Å². The van der Waals surface area contributed by atoms with Gasteiger partial charge >= 0.3 is 5.97 Å². The van der Waals surface area contributed by atoms with Gasteiger partial charge in [0.1, 0.15) is 0 Å². The Hall–Kier alpha value is -2.76. The Morgan fingerprint density at radius 2 is 1.89 bits per heavy atom. The molecule has 1 aliphatic heterocycles. The lowest BCUT2D eigenvalue weighted by atomic mass is 10.0. The fourth-order valence-electron chi connectivity index (χ4n) is 3.13. The minimum atomic E-state index is -0.483. The number of ether oxygens (including phenoxy) is 3. The zero-order valence-electron chi connectivity index (χ0n) is 17.5. The molecule has 1 amide bonds. The maximum absolute atomic E-state index is 13.1. The third kappa shape index (κ3) is 4.55. The highest BCUT2D eigenvalue weighted by atomic mass is 16.5. The number of amides is 1. The molecule has 0 N–H and O–H groups in total. The van der Waals surface area contributed by atoms with Gasteiger partial charge in [-0.25, -0.2) is 4.79 Å². The number of allylic oxidation sites excluding steroid dienone is 1. The molecule has 28 heavy (non-hydrogen) atoms. The summed E-state index contributed by atoms with van der Waals surface area (Å²) in [6, 6.07) is 5.41. The third-order valence-electron chi connectivity index (χ3n) is 4.34. The Morgan fingerprint density at radius 3 is 2.46 bits per heavy atom. The summed E-state index contributed by atoms with van der Waals surface area (Å²) in [5.74, 6) is 0.792. The van der Waals surface area contributed by atoms with E-state index in [1.165, 1.54) is 0 Å². The molecule has 152 valence electrons. The molecule has 0 bridgehead atoms. The van der Waals surface area contributed by atoms with Crippen molar-refractivity contribution in [1.29, 1.82) is 0 Å². The highest BCUT2D eigenvalue weighted by Crippen LogP contribution is 2.34. The average Bonchev–Trinajstić information content (AvgIpc) is 2.87. The number of rotatable bonds is 8. The second kappa shape index (κ2) is 9.44. The minimum Gasteiger partial charge on any atom is -0.493 e. The lowest BCUT2D eigenvalue weighted by molar-refractivity contribution is -0.138. The number of hydrogen-bond acceptors (Lipinski definition) is 5. The van der Waals surface area contributed by atoms with E-state index >= 15 is 0 Å². The van der Waals surface area contributed by atoms with E-state index in [-0.39, 0.29) is 18.4 Å². The van der Waals surface area contributed by atoms with Crippen molar-refractivity contribution < 1.29 is 23.8 Å². The molecule has 1 aliphatic rings. The summed E-state index contributed by atoms with van der Waals surface area (Å²) in [5, 5.41) is 0. The maximum Gasteiger partial charge on any atom is 0.340 e. The SMILES string of the molecule is CCOC(=O)C1=C(C)N(CC(C)C)C(=O)/C1=C\c1ccc(OCC)c(OC)c1. The minimum absolute atomic E-state index is 0.192. The molecular formula is C22H29NO5. The number of methoxy groups -OCH3 is 1. The molecule has 0 fully saturated rings. The van der Waals surface area contributed by atoms with Gasteiger partial charge in [0.15, 0.2) is 11.5 Å². The average molecular weight is 387 g/mol. The van der Waals surface area contributed by atoms with Crippen LogP contribution in [-0.2, 0) is 14.3 Å². The van der Waals surface area contributed by atoms with Crippen molar-refractivity contribution in [2.24, 2.45) is 5.92 Å². The van der Waals surface area contributed by atoms with Gasteiger partial charge in [0.25, 0.3) is 5.91 Å². The van der Waals surface area contributed by atoms with Crippen LogP contribution < -0.4 is 9.47 Å². The van der Waals surface area contributed by atoms with Crippen LogP contribution in [-0.4, -0.2) is 43.6 Å². The molecule has 0 spiro atoms. The molecule has 6 nitrogen and oxygen atoms in total. The van der Waals surface area contributed by atoms with Gasteiger partial charge < -0.3 is 19.1 Å². The molecule has 0 aromatic heterocycles. The van der Waals surface area contributed by atoms with Gasteiger partial charge in [0, 0.05) is 12.2 Å². The van der Waals surface area contributed by atoms with Crippen LogP contribution in [0.25, 0.3) is 6.08 Å². The van der Waals surface area contributed by atoms with Crippen molar-refractivity contribution in [3.05, 3.63) is 40.6 Å². The second-order valence-electron chi connectivity index (χ2n) is 6.89. The van der Waals surface area contributed by atoms with E-state index in [1.807, 2.05) is 26.8 Å². The van der Waals surface area contributed by atoms with Gasteiger partial charge in [-0.15, -0.1) is 0 Å². The molecule has 2 rings (SSSR count). The summed E-state index contributed by atoms with van der Waals surface area (Å²) >= 11 is 0. The van der Waals surface area contributed by atoms with Gasteiger partial charge in [-0.3, -0.25) is 4.79 Å². The monoisotopic (exact) mass is 387 g/mol. The van der Waals surface area contributed by atoms with Gasteiger partial charge in [-0.1, -0.05) is 19.9 Å². The highest BCUT2D eigenvalue weighted by Gasteiger charge is 2.37. The van der Waals surface area contributed by atoms with Crippen LogP contribution in [0.5, 0.6) is 11.5 Å². The van der Waals surface area contributed by atoms with Crippen molar-refractivity contribution in [2.45, 2.75) is 34.6 Å². The molecule has 0 aliphatic carbocycles. The topological polar surface area (TPSA) is 65.1 Å². The summed E-state index contributed by atoms with van der Waals surface area (Å²) in [6.07, 6.45) is 1.71. The molecule has 0 saturated carbocycles. The normalized spacial score (nSPS) is 15.6. The van der Waals surface area contributed by atoms with Gasteiger partial charge in [-0.05, 0) is 50.5 Å². The largest absolute Gasteiger partial charge is 0.493 e. The first-order valence-corrected chi connectivity index (χ1v) is 9.56. The van der Waals surface area contributed by atoms with Gasteiger partial charge in [0.2, 0.25) is 0 Å². The van der Waals surface area contributed by atoms with E-state index in [1.54, 1.807) is 44.1 Å². The molecule has 0 unspecified atom stereocenters. The molecule has 1 heterocycles. The fourth-order valence-corrected chi connectivity index (χ4v) is 3.13. The number of nitrogens with zero attached hydrogens (tertiary/aromatic N) is 1. The zero-order valence-corrected chi connectivity index (χ0v) is 17.5. The first kappa shape index (κ1) is 21.5. The van der Waals surface area contributed by atoms with Crippen LogP contribution in [0.3, 0.4) is 0 Å². The quantitative estimate of drug-likeness (QED) is 0.501. The van der Waals surface area contributed by atoms with Crippen molar-refractivity contribution in [1.82, 2.24) is 4.90 Å². The van der Waals surface area contributed by atoms with Crippen LogP contribution in [0, 0.1) is 5.92 Å². The molecule has 0 saturated heterocycles. The molecular weight excluding hydrogens is 358 g/mol. The van der Waals surface area contributed by atoms with Crippen molar-refractivity contribution >= 4 is 18.0 Å². The second-order valence-corrected chi connectivity index (χ2v) is 6.89. The van der Waals surface area contributed by atoms with Gasteiger partial charge in [0.05, 0.1) is 31.5 Å². The Balaban J connectivity index is 2.51. The third-order valence-corrected chi connectivity index (χ3v) is 4.34. The molecule has 1 aromatic rings. The first-order chi connectivity index (χ1) is 13.3. The summed E-state index contributed by atoms with van der Waals surface area (Å²) in [5.41, 5.74) is 2.02. The number of carbonyl (C=O) groups is 2. The highest BCUT2D eigenvalue weighted by molar-refractivity contribution is 6.16. The Morgan fingerprint density at radius 1 is 1.18 bits per heavy atom. The number of hydrogen-bond donors (Lipinski definition) is 0. The fraction of sp³-hybridized carbons (Fsp3) is 0.455. The smallest absolute Gasteiger partial charge is 0.340 e. The first-order valence-electron chi connectivity index (χ1n) is 9.56. The Bertz CT molecular complexity index is 807. The number of benzene rings is 1. The van der Waals surface area contributed by atoms with E-state index in [2.05, 4.69) is 0 Å². The van der Waals surface area contributed by atoms with Crippen LogP contribution in [0.15, 0.2) is 35.0 Å². The predicted octanol–water partition coefficient (Wildman–Crippen LogP) is 3.81. The predicted molar refractivity (Wildman–Crippen MR) is 108 cm³/mol. The van der Waals surface area contributed by atoms with Crippen molar-refractivity contribution in [3.8, 4) is 11.5 Å². The summed E-state index contributed by atoms with van der Waals surface area (Å²) in [6.45, 7) is 10.8. The molecule has 0 radical (unpaired) electrons. The number of esters is 1. The van der Waals surface area contributed by atoms with Crippen LogP contribution in [0.2, 0.25) is 0 Å². The van der Waals surface area contributed by atoms with Crippen molar-refractivity contribution in [3.63, 3.8) is 0 Å². The standard InChI is InChI=1S/C22H29NO5/c1-7-27-18-10-9-16(12-19(18)26-6)11-17-20(22(25)28-8-2)15(5)23(21(17)24)13-14(3)4/h9-12,14H,7-8,13H2,1-6H3/b17-11-. The summed E-state index contributed by atoms with van der Waals surface area (Å²) in [7, 11) is 1.56. The lowest BCUT2D eigenvalue weighted by Crippen LogP contribution is -2.28.